The summed E-state index contributed by atoms with van der Waals surface area (Å²) in [6, 6.07) is 60.2. The van der Waals surface area contributed by atoms with Crippen molar-refractivity contribution in [2.75, 3.05) is 4.90 Å². The van der Waals surface area contributed by atoms with Gasteiger partial charge in [-0.15, -0.1) is 0 Å². The second-order valence-corrected chi connectivity index (χ2v) is 14.8. The second-order valence-electron chi connectivity index (χ2n) is 14.8. The van der Waals surface area contributed by atoms with Crippen LogP contribution in [-0.2, 0) is 6.54 Å². The largest absolute Gasteiger partial charge is 0.335 e. The molecule has 4 aromatic heterocycles. The summed E-state index contributed by atoms with van der Waals surface area (Å²) < 4.78 is 2.46. The van der Waals surface area contributed by atoms with Crippen LogP contribution in [0.5, 0.6) is 0 Å². The summed E-state index contributed by atoms with van der Waals surface area (Å²) in [5.41, 5.74) is 18.3. The number of nitrogens with zero attached hydrogens (tertiary/aromatic N) is 6. The molecule has 59 heavy (non-hydrogen) atoms. The lowest BCUT2D eigenvalue weighted by Crippen LogP contribution is -2.22. The van der Waals surface area contributed by atoms with E-state index in [0.717, 1.165) is 73.0 Å². The van der Waals surface area contributed by atoms with Crippen LogP contribution in [-0.4, -0.2) is 26.2 Å². The van der Waals surface area contributed by atoms with Crippen molar-refractivity contribution in [1.82, 2.24) is 19.5 Å². The Morgan fingerprint density at radius 1 is 0.508 bits per heavy atom. The lowest BCUT2D eigenvalue weighted by atomic mass is 9.90. The number of pyridine rings is 3. The van der Waals surface area contributed by atoms with Crippen molar-refractivity contribution in [3.05, 3.63) is 200 Å². The van der Waals surface area contributed by atoms with Gasteiger partial charge in [-0.2, -0.15) is 0 Å². The van der Waals surface area contributed by atoms with E-state index in [1.165, 1.54) is 33.0 Å². The zero-order valence-electron chi connectivity index (χ0n) is 32.1. The molecule has 0 bridgehead atoms. The van der Waals surface area contributed by atoms with Gasteiger partial charge >= 0.3 is 0 Å². The van der Waals surface area contributed by atoms with Crippen molar-refractivity contribution < 1.29 is 0 Å². The van der Waals surface area contributed by atoms with Crippen LogP contribution in [0.3, 0.4) is 0 Å². The molecule has 0 saturated carbocycles. The van der Waals surface area contributed by atoms with Crippen LogP contribution >= 0.6 is 0 Å². The molecule has 0 amide bonds. The Bertz CT molecular complexity index is 3090. The number of rotatable bonds is 7. The summed E-state index contributed by atoms with van der Waals surface area (Å²) in [5, 5.41) is 2.41. The number of aliphatic imine (C=N–C) groups is 1. The van der Waals surface area contributed by atoms with Gasteiger partial charge in [0.25, 0.3) is 0 Å². The van der Waals surface area contributed by atoms with E-state index in [9.17, 15) is 0 Å². The van der Waals surface area contributed by atoms with Gasteiger partial charge in [-0.05, 0) is 83.1 Å². The normalized spacial score (nSPS) is 12.0. The van der Waals surface area contributed by atoms with Gasteiger partial charge in [0.15, 0.2) is 0 Å². The van der Waals surface area contributed by atoms with Gasteiger partial charge in [0.2, 0.25) is 0 Å². The van der Waals surface area contributed by atoms with Crippen molar-refractivity contribution in [2.45, 2.75) is 6.54 Å². The average Bonchev–Trinajstić information content (AvgIpc) is 3.66. The minimum absolute atomic E-state index is 0.690. The van der Waals surface area contributed by atoms with Crippen LogP contribution in [0.4, 0.5) is 17.1 Å². The average molecular weight is 757 g/mol. The zero-order valence-corrected chi connectivity index (χ0v) is 32.1. The summed E-state index contributed by atoms with van der Waals surface area (Å²) in [5.74, 6) is 0. The van der Waals surface area contributed by atoms with Crippen molar-refractivity contribution in [1.29, 1.82) is 0 Å². The molecule has 0 N–H and O–H groups in total. The fourth-order valence-electron chi connectivity index (χ4n) is 8.69. The molecule has 10 aromatic rings. The Hall–Kier alpha value is -7.96. The van der Waals surface area contributed by atoms with Crippen molar-refractivity contribution in [3.8, 4) is 61.6 Å². The number of aromatic nitrogens is 4. The highest BCUT2D eigenvalue weighted by Crippen LogP contribution is 2.49. The van der Waals surface area contributed by atoms with Crippen LogP contribution in [0.2, 0.25) is 0 Å². The quantitative estimate of drug-likeness (QED) is 0.152. The molecule has 0 spiro atoms. The molecule has 0 aliphatic carbocycles. The fraction of sp³-hybridized carbons (Fsp3) is 0.0189. The maximum atomic E-state index is 5.37. The second kappa shape index (κ2) is 14.2. The lowest BCUT2D eigenvalue weighted by Gasteiger charge is -2.34. The first kappa shape index (κ1) is 34.3. The molecule has 0 saturated heterocycles. The highest BCUT2D eigenvalue weighted by molar-refractivity contribution is 6.16. The Morgan fingerprint density at radius 3 is 1.75 bits per heavy atom. The zero-order chi connectivity index (χ0) is 39.3. The van der Waals surface area contributed by atoms with E-state index in [1.54, 1.807) is 12.4 Å². The van der Waals surface area contributed by atoms with Crippen molar-refractivity contribution in [3.63, 3.8) is 0 Å². The van der Waals surface area contributed by atoms with Gasteiger partial charge < -0.3 is 9.47 Å². The topological polar surface area (TPSA) is 59.2 Å². The summed E-state index contributed by atoms with van der Waals surface area (Å²) in [6.45, 7) is 4.59. The number of benzene rings is 6. The highest BCUT2D eigenvalue weighted by Gasteiger charge is 2.29. The van der Waals surface area contributed by atoms with Gasteiger partial charge in [0, 0.05) is 70.0 Å². The molecule has 6 nitrogen and oxygen atoms in total. The molecule has 5 heterocycles. The van der Waals surface area contributed by atoms with Crippen LogP contribution < -0.4 is 4.90 Å². The Kier molecular flexibility index (Phi) is 8.26. The number of para-hydroxylation sites is 4. The van der Waals surface area contributed by atoms with Crippen LogP contribution in [0.25, 0.3) is 83.4 Å². The number of hydrogen-bond acceptors (Lipinski definition) is 5. The highest BCUT2D eigenvalue weighted by atomic mass is 15.2. The molecule has 278 valence electrons. The first-order valence-corrected chi connectivity index (χ1v) is 19.7. The van der Waals surface area contributed by atoms with Crippen molar-refractivity contribution in [2.24, 2.45) is 4.99 Å². The molecule has 0 atom stereocenters. The Labute approximate surface area is 342 Å². The molecule has 6 aromatic carbocycles. The maximum Gasteiger partial charge on any atom is 0.0859 e. The minimum Gasteiger partial charge on any atom is -0.335 e. The predicted octanol–water partition coefficient (Wildman–Crippen LogP) is 13.3. The number of anilines is 2. The first-order valence-electron chi connectivity index (χ1n) is 19.7. The van der Waals surface area contributed by atoms with E-state index in [-0.39, 0.29) is 0 Å². The Morgan fingerprint density at radius 2 is 1.10 bits per heavy atom. The summed E-state index contributed by atoms with van der Waals surface area (Å²) in [4.78, 5) is 20.8. The van der Waals surface area contributed by atoms with E-state index >= 15 is 0 Å². The molecular formula is C53H36N6. The summed E-state index contributed by atoms with van der Waals surface area (Å²) in [7, 11) is 0. The van der Waals surface area contributed by atoms with Gasteiger partial charge in [-0.1, -0.05) is 121 Å². The molecule has 0 fully saturated rings. The maximum absolute atomic E-state index is 5.37. The molecule has 1 aliphatic rings. The van der Waals surface area contributed by atoms with Crippen LogP contribution in [0.15, 0.2) is 200 Å². The molecule has 0 radical (unpaired) electrons. The summed E-state index contributed by atoms with van der Waals surface area (Å²) >= 11 is 0. The third-order valence-corrected chi connectivity index (χ3v) is 11.5. The SMILES string of the molecule is C=Nc1ccccc1N1Cc2ccc3c4ccccc4n(-c4cc(-c5ccc(-c6cccnc6)cc5)nc(-c5ccc(-c6cccnc6)cc5)c4)c3c2-c2ccccc21. The fourth-order valence-corrected chi connectivity index (χ4v) is 8.69. The van der Waals surface area contributed by atoms with E-state index in [2.05, 4.69) is 177 Å². The monoisotopic (exact) mass is 756 g/mol. The summed E-state index contributed by atoms with van der Waals surface area (Å²) in [6.07, 6.45) is 7.41. The van der Waals surface area contributed by atoms with E-state index in [0.29, 0.717) is 6.54 Å². The first-order chi connectivity index (χ1) is 29.2. The smallest absolute Gasteiger partial charge is 0.0859 e. The van der Waals surface area contributed by atoms with E-state index in [1.807, 2.05) is 36.7 Å². The van der Waals surface area contributed by atoms with Crippen LogP contribution in [0.1, 0.15) is 5.56 Å². The Balaban J connectivity index is 1.14. The van der Waals surface area contributed by atoms with E-state index in [4.69, 9.17) is 4.98 Å². The van der Waals surface area contributed by atoms with Crippen LogP contribution in [0, 0.1) is 0 Å². The van der Waals surface area contributed by atoms with Gasteiger partial charge in [0.05, 0.1) is 39.5 Å². The van der Waals surface area contributed by atoms with Crippen molar-refractivity contribution >= 4 is 45.6 Å². The third kappa shape index (κ3) is 5.89. The molecule has 11 rings (SSSR count). The van der Waals surface area contributed by atoms with Gasteiger partial charge in [0.1, 0.15) is 0 Å². The molecule has 1 aliphatic heterocycles. The molecular weight excluding hydrogens is 721 g/mol. The minimum atomic E-state index is 0.690. The van der Waals surface area contributed by atoms with E-state index < -0.39 is 0 Å². The lowest BCUT2D eigenvalue weighted by molar-refractivity contribution is 0.961. The van der Waals surface area contributed by atoms with Gasteiger partial charge in [-0.3, -0.25) is 15.0 Å². The standard InChI is InChI=1S/C53H36N6/c1-54-46-14-4-7-17-51(46)58-34-41-26-27-44-43-12-2-6-16-50(43)59(53(44)52(41)45-13-3-5-15-49(45)58)42-30-47(37-22-18-35(19-23-37)39-10-8-28-55-32-39)57-48(31-42)38-24-20-36(21-25-38)40-11-9-29-56-33-40/h2-33H,1,34H2. The predicted molar refractivity (Wildman–Crippen MR) is 243 cm³/mol. The molecule has 0 unspecified atom stereocenters. The third-order valence-electron chi connectivity index (χ3n) is 11.5. The number of hydrogen-bond donors (Lipinski definition) is 0. The number of fused-ring (bicyclic) bond motifs is 7. The molecule has 6 heteroatoms. The van der Waals surface area contributed by atoms with Gasteiger partial charge in [-0.25, -0.2) is 4.98 Å².